The van der Waals surface area contributed by atoms with Crippen molar-refractivity contribution in [1.82, 2.24) is 0 Å². The smallest absolute Gasteiger partial charge is 0.388 e. The standard InChI is InChI=1S/C11H12ClF3O2/c12-9-3-1-2-8(6-9)10(16)4-5-17-7-11(13,14)15/h1-3,6,10,16H,4-5,7H2. The first-order valence-corrected chi connectivity index (χ1v) is 5.34. The molecule has 0 aliphatic carbocycles. The molecule has 0 fully saturated rings. The minimum atomic E-state index is -4.33. The molecule has 1 N–H and O–H groups in total. The molecular weight excluding hydrogens is 257 g/mol. The molecule has 1 aromatic rings. The molecule has 0 bridgehead atoms. The van der Waals surface area contributed by atoms with Gasteiger partial charge in [-0.15, -0.1) is 0 Å². The zero-order valence-corrected chi connectivity index (χ0v) is 9.63. The maximum absolute atomic E-state index is 11.8. The lowest BCUT2D eigenvalue weighted by molar-refractivity contribution is -0.175. The quantitative estimate of drug-likeness (QED) is 0.830. The number of rotatable bonds is 5. The second kappa shape index (κ2) is 6.23. The van der Waals surface area contributed by atoms with Crippen LogP contribution in [0.4, 0.5) is 13.2 Å². The van der Waals surface area contributed by atoms with Gasteiger partial charge in [-0.1, -0.05) is 23.7 Å². The van der Waals surface area contributed by atoms with Crippen molar-refractivity contribution < 1.29 is 23.0 Å². The highest BCUT2D eigenvalue weighted by Crippen LogP contribution is 2.21. The molecule has 1 unspecified atom stereocenters. The van der Waals surface area contributed by atoms with Gasteiger partial charge >= 0.3 is 6.18 Å². The van der Waals surface area contributed by atoms with Gasteiger partial charge < -0.3 is 9.84 Å². The van der Waals surface area contributed by atoms with Crippen LogP contribution in [0.2, 0.25) is 5.02 Å². The molecule has 1 aromatic carbocycles. The highest BCUT2D eigenvalue weighted by Gasteiger charge is 2.27. The summed E-state index contributed by atoms with van der Waals surface area (Å²) in [6.07, 6.45) is -5.11. The second-order valence-electron chi connectivity index (χ2n) is 3.53. The largest absolute Gasteiger partial charge is 0.411 e. The molecule has 0 saturated heterocycles. The summed E-state index contributed by atoms with van der Waals surface area (Å²) in [4.78, 5) is 0. The predicted octanol–water partition coefficient (Wildman–Crippen LogP) is 3.34. The van der Waals surface area contributed by atoms with Crippen LogP contribution in [0, 0.1) is 0 Å². The molecule has 0 saturated carbocycles. The molecule has 17 heavy (non-hydrogen) atoms. The minimum absolute atomic E-state index is 0.0937. The van der Waals surface area contributed by atoms with Crippen molar-refractivity contribution >= 4 is 11.6 Å². The maximum atomic E-state index is 11.8. The maximum Gasteiger partial charge on any atom is 0.411 e. The Balaban J connectivity index is 2.33. The van der Waals surface area contributed by atoms with E-state index in [-0.39, 0.29) is 13.0 Å². The Morgan fingerprint density at radius 1 is 1.35 bits per heavy atom. The van der Waals surface area contributed by atoms with Crippen LogP contribution in [0.15, 0.2) is 24.3 Å². The van der Waals surface area contributed by atoms with Gasteiger partial charge in [-0.25, -0.2) is 0 Å². The van der Waals surface area contributed by atoms with Crippen LogP contribution in [-0.2, 0) is 4.74 Å². The SMILES string of the molecule is OC(CCOCC(F)(F)F)c1cccc(Cl)c1. The van der Waals surface area contributed by atoms with E-state index in [1.807, 2.05) is 0 Å². The van der Waals surface area contributed by atoms with E-state index in [1.54, 1.807) is 24.3 Å². The second-order valence-corrected chi connectivity index (χ2v) is 3.96. The Hall–Kier alpha value is -0.780. The van der Waals surface area contributed by atoms with Crippen LogP contribution < -0.4 is 0 Å². The first kappa shape index (κ1) is 14.3. The molecule has 0 aliphatic rings. The van der Waals surface area contributed by atoms with Crippen molar-refractivity contribution in [1.29, 1.82) is 0 Å². The Kier molecular flexibility index (Phi) is 5.24. The van der Waals surface area contributed by atoms with E-state index in [0.717, 1.165) is 0 Å². The zero-order chi connectivity index (χ0) is 12.9. The predicted molar refractivity (Wildman–Crippen MR) is 57.9 cm³/mol. The van der Waals surface area contributed by atoms with E-state index in [2.05, 4.69) is 4.74 Å². The number of hydrogen-bond donors (Lipinski definition) is 1. The third-order valence-electron chi connectivity index (χ3n) is 2.03. The topological polar surface area (TPSA) is 29.5 Å². The summed E-state index contributed by atoms with van der Waals surface area (Å²) in [5.41, 5.74) is 0.563. The van der Waals surface area contributed by atoms with Crippen molar-refractivity contribution in [2.24, 2.45) is 0 Å². The fourth-order valence-corrected chi connectivity index (χ4v) is 1.46. The summed E-state index contributed by atoms with van der Waals surface area (Å²) in [5, 5.41) is 10.1. The Bertz CT molecular complexity index is 355. The summed E-state index contributed by atoms with van der Waals surface area (Å²) >= 11 is 5.72. The molecule has 0 amide bonds. The highest BCUT2D eigenvalue weighted by atomic mass is 35.5. The van der Waals surface area contributed by atoms with E-state index in [4.69, 9.17) is 11.6 Å². The molecule has 96 valence electrons. The van der Waals surface area contributed by atoms with E-state index >= 15 is 0 Å². The van der Waals surface area contributed by atoms with Gasteiger partial charge in [0.2, 0.25) is 0 Å². The van der Waals surface area contributed by atoms with Gasteiger partial charge in [0.05, 0.1) is 6.10 Å². The molecule has 0 spiro atoms. The van der Waals surface area contributed by atoms with Crippen molar-refractivity contribution in [2.75, 3.05) is 13.2 Å². The Morgan fingerprint density at radius 2 is 2.06 bits per heavy atom. The summed E-state index contributed by atoms with van der Waals surface area (Å²) in [6, 6.07) is 6.53. The number of alkyl halides is 3. The Labute approximate surface area is 102 Å². The van der Waals surface area contributed by atoms with Gasteiger partial charge in [-0.05, 0) is 17.7 Å². The number of ether oxygens (including phenoxy) is 1. The Morgan fingerprint density at radius 3 is 2.65 bits per heavy atom. The molecular formula is C11H12ClF3O2. The van der Waals surface area contributed by atoms with E-state index in [1.165, 1.54) is 0 Å². The molecule has 6 heteroatoms. The molecule has 0 radical (unpaired) electrons. The van der Waals surface area contributed by atoms with Crippen LogP contribution in [0.3, 0.4) is 0 Å². The van der Waals surface area contributed by atoms with Gasteiger partial charge in [0.15, 0.2) is 0 Å². The summed E-state index contributed by atoms with van der Waals surface area (Å²) < 4.78 is 39.7. The van der Waals surface area contributed by atoms with Crippen LogP contribution in [0.5, 0.6) is 0 Å². The zero-order valence-electron chi connectivity index (χ0n) is 8.88. The van der Waals surface area contributed by atoms with Crippen LogP contribution in [0.1, 0.15) is 18.1 Å². The normalized spacial score (nSPS) is 13.7. The number of aliphatic hydroxyl groups excluding tert-OH is 1. The molecule has 0 aliphatic heterocycles. The number of halogens is 4. The highest BCUT2D eigenvalue weighted by molar-refractivity contribution is 6.30. The van der Waals surface area contributed by atoms with Crippen molar-refractivity contribution in [3.63, 3.8) is 0 Å². The van der Waals surface area contributed by atoms with Crippen molar-refractivity contribution in [2.45, 2.75) is 18.7 Å². The third-order valence-corrected chi connectivity index (χ3v) is 2.27. The average Bonchev–Trinajstić information content (AvgIpc) is 2.23. The van der Waals surface area contributed by atoms with Crippen LogP contribution in [-0.4, -0.2) is 24.5 Å². The van der Waals surface area contributed by atoms with Crippen molar-refractivity contribution in [3.8, 4) is 0 Å². The molecule has 1 rings (SSSR count). The van der Waals surface area contributed by atoms with Crippen molar-refractivity contribution in [3.05, 3.63) is 34.9 Å². The van der Waals surface area contributed by atoms with Gasteiger partial charge in [-0.3, -0.25) is 0 Å². The first-order chi connectivity index (χ1) is 7.88. The van der Waals surface area contributed by atoms with Gasteiger partial charge in [0.1, 0.15) is 6.61 Å². The molecule has 0 aromatic heterocycles. The van der Waals surface area contributed by atoms with E-state index < -0.39 is 18.9 Å². The summed E-state index contributed by atoms with van der Waals surface area (Å²) in [7, 11) is 0. The lowest BCUT2D eigenvalue weighted by atomic mass is 10.1. The first-order valence-electron chi connectivity index (χ1n) is 4.96. The summed E-state index contributed by atoms with van der Waals surface area (Å²) in [5.74, 6) is 0. The van der Waals surface area contributed by atoms with Gasteiger partial charge in [-0.2, -0.15) is 13.2 Å². The average molecular weight is 269 g/mol. The van der Waals surface area contributed by atoms with Gasteiger partial charge in [0, 0.05) is 18.1 Å². The third kappa shape index (κ3) is 5.91. The lowest BCUT2D eigenvalue weighted by Crippen LogP contribution is -2.18. The monoisotopic (exact) mass is 268 g/mol. The lowest BCUT2D eigenvalue weighted by Gasteiger charge is -2.12. The molecule has 2 nitrogen and oxygen atoms in total. The van der Waals surface area contributed by atoms with Crippen LogP contribution in [0.25, 0.3) is 0 Å². The number of benzene rings is 1. The molecule has 0 heterocycles. The number of aliphatic hydroxyl groups is 1. The summed E-state index contributed by atoms with van der Waals surface area (Å²) in [6.45, 7) is -1.46. The number of hydrogen-bond acceptors (Lipinski definition) is 2. The van der Waals surface area contributed by atoms with Gasteiger partial charge in [0.25, 0.3) is 0 Å². The fourth-order valence-electron chi connectivity index (χ4n) is 1.26. The minimum Gasteiger partial charge on any atom is -0.388 e. The van der Waals surface area contributed by atoms with E-state index in [0.29, 0.717) is 10.6 Å². The fraction of sp³-hybridized carbons (Fsp3) is 0.455. The molecule has 1 atom stereocenters. The van der Waals surface area contributed by atoms with E-state index in [9.17, 15) is 18.3 Å². The van der Waals surface area contributed by atoms with Crippen LogP contribution >= 0.6 is 11.6 Å².